The Balaban J connectivity index is 1.75. The van der Waals surface area contributed by atoms with Gasteiger partial charge in [-0.15, -0.1) is 0 Å². The Morgan fingerprint density at radius 3 is 2.53 bits per heavy atom. The number of anilines is 3. The van der Waals surface area contributed by atoms with Crippen molar-refractivity contribution in [1.29, 1.82) is 5.26 Å². The SMILES string of the molecule is CC(=O)C1(c2ccc(N(CC(C)C)C3CCOCC3)c(Nc3cnc(C#N)nc3)c2)CC1. The second-order valence-corrected chi connectivity index (χ2v) is 9.29. The van der Waals surface area contributed by atoms with Gasteiger partial charge in [-0.1, -0.05) is 19.9 Å². The minimum Gasteiger partial charge on any atom is -0.381 e. The van der Waals surface area contributed by atoms with E-state index in [9.17, 15) is 4.79 Å². The van der Waals surface area contributed by atoms with Crippen molar-refractivity contribution in [1.82, 2.24) is 9.97 Å². The van der Waals surface area contributed by atoms with E-state index in [1.54, 1.807) is 19.3 Å². The molecule has 0 radical (unpaired) electrons. The van der Waals surface area contributed by atoms with Crippen molar-refractivity contribution in [2.45, 2.75) is 57.9 Å². The molecule has 2 aromatic rings. The number of carbonyl (C=O) groups excluding carboxylic acids is 1. The van der Waals surface area contributed by atoms with Crippen LogP contribution in [0.5, 0.6) is 0 Å². The summed E-state index contributed by atoms with van der Waals surface area (Å²) in [5.74, 6) is 0.860. The summed E-state index contributed by atoms with van der Waals surface area (Å²) in [6, 6.07) is 8.75. The van der Waals surface area contributed by atoms with E-state index in [-0.39, 0.29) is 17.0 Å². The average molecular weight is 434 g/mol. The summed E-state index contributed by atoms with van der Waals surface area (Å²) in [6.45, 7) is 8.64. The molecule has 2 heterocycles. The first kappa shape index (κ1) is 22.2. The van der Waals surface area contributed by atoms with E-state index >= 15 is 0 Å². The fourth-order valence-corrected chi connectivity index (χ4v) is 4.59. The third-order valence-electron chi connectivity index (χ3n) is 6.51. The zero-order valence-electron chi connectivity index (χ0n) is 19.1. The van der Waals surface area contributed by atoms with Crippen molar-refractivity contribution in [2.24, 2.45) is 5.92 Å². The van der Waals surface area contributed by atoms with Crippen LogP contribution < -0.4 is 10.2 Å². The molecule has 0 spiro atoms. The van der Waals surface area contributed by atoms with E-state index in [4.69, 9.17) is 10.00 Å². The number of Topliss-reactive ketones (excluding diaryl/α,β-unsaturated/α-hetero) is 1. The number of rotatable bonds is 8. The van der Waals surface area contributed by atoms with Crippen LogP contribution in [0, 0.1) is 17.2 Å². The quantitative estimate of drug-likeness (QED) is 0.661. The Morgan fingerprint density at radius 1 is 1.28 bits per heavy atom. The van der Waals surface area contributed by atoms with Gasteiger partial charge in [0.05, 0.1) is 34.9 Å². The van der Waals surface area contributed by atoms with Gasteiger partial charge in [0, 0.05) is 25.8 Å². The largest absolute Gasteiger partial charge is 0.381 e. The zero-order chi connectivity index (χ0) is 22.7. The maximum Gasteiger partial charge on any atom is 0.232 e. The van der Waals surface area contributed by atoms with Crippen LogP contribution in [0.3, 0.4) is 0 Å². The second-order valence-electron chi connectivity index (χ2n) is 9.29. The van der Waals surface area contributed by atoms with Gasteiger partial charge in [-0.3, -0.25) is 4.79 Å². The van der Waals surface area contributed by atoms with Crippen LogP contribution in [0.1, 0.15) is 57.8 Å². The Labute approximate surface area is 189 Å². The van der Waals surface area contributed by atoms with Gasteiger partial charge in [0.2, 0.25) is 5.82 Å². The average Bonchev–Trinajstić information content (AvgIpc) is 3.61. The van der Waals surface area contributed by atoms with Crippen LogP contribution in [0.25, 0.3) is 0 Å². The highest BCUT2D eigenvalue weighted by Crippen LogP contribution is 2.50. The molecule has 1 aliphatic carbocycles. The predicted octanol–water partition coefficient (Wildman–Crippen LogP) is 4.35. The third-order valence-corrected chi connectivity index (χ3v) is 6.51. The number of aromatic nitrogens is 2. The molecule has 32 heavy (non-hydrogen) atoms. The molecule has 1 aromatic heterocycles. The molecular formula is C25H31N5O2. The smallest absolute Gasteiger partial charge is 0.232 e. The second kappa shape index (κ2) is 9.25. The molecule has 1 saturated carbocycles. The number of nitrogens with one attached hydrogen (secondary N) is 1. The summed E-state index contributed by atoms with van der Waals surface area (Å²) in [4.78, 5) is 23.1. The number of hydrogen-bond donors (Lipinski definition) is 1. The van der Waals surface area contributed by atoms with Crippen LogP contribution in [-0.2, 0) is 14.9 Å². The third kappa shape index (κ3) is 4.61. The first-order valence-electron chi connectivity index (χ1n) is 11.4. The van der Waals surface area contributed by atoms with E-state index in [1.807, 2.05) is 6.07 Å². The molecule has 2 fully saturated rings. The number of ketones is 1. The molecular weight excluding hydrogens is 402 g/mol. The van der Waals surface area contributed by atoms with Gasteiger partial charge in [-0.2, -0.15) is 5.26 Å². The molecule has 1 aliphatic heterocycles. The van der Waals surface area contributed by atoms with Crippen LogP contribution in [0.15, 0.2) is 30.6 Å². The summed E-state index contributed by atoms with van der Waals surface area (Å²) in [5, 5.41) is 12.5. The fraction of sp³-hybridized carbons (Fsp3) is 0.520. The molecule has 0 amide bonds. The lowest BCUT2D eigenvalue weighted by atomic mass is 9.91. The summed E-state index contributed by atoms with van der Waals surface area (Å²) >= 11 is 0. The highest BCUT2D eigenvalue weighted by atomic mass is 16.5. The number of benzene rings is 1. The summed E-state index contributed by atoms with van der Waals surface area (Å²) in [5.41, 5.74) is 3.47. The van der Waals surface area contributed by atoms with E-state index in [2.05, 4.69) is 52.2 Å². The summed E-state index contributed by atoms with van der Waals surface area (Å²) in [6.07, 6.45) is 7.03. The Hall–Kier alpha value is -2.98. The van der Waals surface area contributed by atoms with Crippen molar-refractivity contribution >= 4 is 22.8 Å². The molecule has 168 valence electrons. The molecule has 0 bridgehead atoms. The molecule has 7 heteroatoms. The molecule has 1 saturated heterocycles. The number of ether oxygens (including phenoxy) is 1. The van der Waals surface area contributed by atoms with Crippen LogP contribution >= 0.6 is 0 Å². The number of nitrogens with zero attached hydrogens (tertiary/aromatic N) is 4. The molecule has 2 aliphatic rings. The number of nitriles is 1. The lowest BCUT2D eigenvalue weighted by Crippen LogP contribution is -2.42. The normalized spacial score (nSPS) is 17.6. The van der Waals surface area contributed by atoms with Gasteiger partial charge in [0.1, 0.15) is 11.9 Å². The van der Waals surface area contributed by atoms with Crippen molar-refractivity contribution in [3.05, 3.63) is 42.0 Å². The minimum atomic E-state index is -0.350. The van der Waals surface area contributed by atoms with Crippen molar-refractivity contribution < 1.29 is 9.53 Å². The summed E-state index contributed by atoms with van der Waals surface area (Å²) < 4.78 is 5.61. The maximum atomic E-state index is 12.4. The van der Waals surface area contributed by atoms with Crippen LogP contribution in [-0.4, -0.2) is 41.6 Å². The topological polar surface area (TPSA) is 91.1 Å². The minimum absolute atomic E-state index is 0.140. The molecule has 0 unspecified atom stereocenters. The van der Waals surface area contributed by atoms with Crippen molar-refractivity contribution in [3.8, 4) is 6.07 Å². The van der Waals surface area contributed by atoms with E-state index < -0.39 is 0 Å². The maximum absolute atomic E-state index is 12.4. The molecule has 0 atom stereocenters. The Kier molecular flexibility index (Phi) is 6.43. The number of hydrogen-bond acceptors (Lipinski definition) is 7. The van der Waals surface area contributed by atoms with Crippen molar-refractivity contribution in [3.63, 3.8) is 0 Å². The predicted molar refractivity (Wildman–Crippen MR) is 124 cm³/mol. The molecule has 7 nitrogen and oxygen atoms in total. The van der Waals surface area contributed by atoms with Crippen LogP contribution in [0.4, 0.5) is 17.1 Å². The lowest BCUT2D eigenvalue weighted by Gasteiger charge is -2.38. The van der Waals surface area contributed by atoms with E-state index in [0.717, 1.165) is 62.4 Å². The van der Waals surface area contributed by atoms with Gasteiger partial charge < -0.3 is 15.0 Å². The number of carbonyl (C=O) groups is 1. The van der Waals surface area contributed by atoms with Gasteiger partial charge in [-0.25, -0.2) is 9.97 Å². The standard InChI is InChI=1S/C25H31N5O2/c1-17(2)16-30(21-6-10-32-11-7-21)23-5-4-19(25(8-9-25)18(3)31)12-22(23)29-20-14-27-24(13-26)28-15-20/h4-5,12,14-15,17,21,29H,6-11,16H2,1-3H3. The molecule has 1 N–H and O–H groups in total. The van der Waals surface area contributed by atoms with Crippen molar-refractivity contribution in [2.75, 3.05) is 30.0 Å². The van der Waals surface area contributed by atoms with E-state index in [1.165, 1.54) is 0 Å². The van der Waals surface area contributed by atoms with Gasteiger partial charge >= 0.3 is 0 Å². The van der Waals surface area contributed by atoms with Gasteiger partial charge in [-0.05, 0) is 56.2 Å². The van der Waals surface area contributed by atoms with Crippen LogP contribution in [0.2, 0.25) is 0 Å². The van der Waals surface area contributed by atoms with Gasteiger partial charge in [0.25, 0.3) is 0 Å². The Morgan fingerprint density at radius 2 is 1.97 bits per heavy atom. The highest BCUT2D eigenvalue weighted by molar-refractivity contribution is 5.92. The fourth-order valence-electron chi connectivity index (χ4n) is 4.59. The molecule has 4 rings (SSSR count). The Bertz CT molecular complexity index is 1000. The van der Waals surface area contributed by atoms with E-state index in [0.29, 0.717) is 17.6 Å². The monoisotopic (exact) mass is 433 g/mol. The summed E-state index contributed by atoms with van der Waals surface area (Å²) in [7, 11) is 0. The first-order valence-corrected chi connectivity index (χ1v) is 11.4. The highest BCUT2D eigenvalue weighted by Gasteiger charge is 2.49. The van der Waals surface area contributed by atoms with Gasteiger partial charge in [0.15, 0.2) is 0 Å². The molecule has 1 aromatic carbocycles. The first-order chi connectivity index (χ1) is 15.4. The zero-order valence-corrected chi connectivity index (χ0v) is 19.1. The lowest BCUT2D eigenvalue weighted by molar-refractivity contribution is -0.119.